The Labute approximate surface area is 75.1 Å². The van der Waals surface area contributed by atoms with Crippen molar-refractivity contribution in [3.8, 4) is 0 Å². The Balaban J connectivity index is 0.000001000. The van der Waals surface area contributed by atoms with Gasteiger partial charge >= 0.3 is 0 Å². The zero-order chi connectivity index (χ0) is 7.61. The number of hydrogen-bond acceptors (Lipinski definition) is 2. The monoisotopic (exact) mass is 179 g/mol. The molecule has 0 amide bonds. The average Bonchev–Trinajstić information content (AvgIpc) is 2.38. The molecule has 0 bridgehead atoms. The number of nitrogens with one attached hydrogen (secondary N) is 1. The lowest BCUT2D eigenvalue weighted by molar-refractivity contribution is -0.00478. The van der Waals surface area contributed by atoms with Crippen LogP contribution in [0.4, 0.5) is 0 Å². The van der Waals surface area contributed by atoms with Crippen molar-refractivity contribution in [2.24, 2.45) is 0 Å². The summed E-state index contributed by atoms with van der Waals surface area (Å²) in [4.78, 5) is 0. The van der Waals surface area contributed by atoms with Crippen molar-refractivity contribution < 1.29 is 4.74 Å². The Bertz CT molecular complexity index is 111. The zero-order valence-corrected chi connectivity index (χ0v) is 8.33. The molecule has 3 heteroatoms. The first-order valence-corrected chi connectivity index (χ1v) is 3.95. The highest BCUT2D eigenvalue weighted by atomic mass is 35.5. The van der Waals surface area contributed by atoms with Crippen LogP contribution in [0, 0.1) is 0 Å². The van der Waals surface area contributed by atoms with Crippen molar-refractivity contribution in [1.82, 2.24) is 5.32 Å². The Morgan fingerprint density at radius 1 is 1.45 bits per heavy atom. The van der Waals surface area contributed by atoms with Crippen molar-refractivity contribution in [3.63, 3.8) is 0 Å². The first kappa shape index (κ1) is 11.2. The predicted molar refractivity (Wildman–Crippen MR) is 49.4 cm³/mol. The first-order chi connectivity index (χ1) is 4.67. The van der Waals surface area contributed by atoms with E-state index in [9.17, 15) is 0 Å². The van der Waals surface area contributed by atoms with Gasteiger partial charge in [0.2, 0.25) is 0 Å². The molecule has 0 radical (unpaired) electrons. The van der Waals surface area contributed by atoms with E-state index in [-0.39, 0.29) is 18.0 Å². The molecule has 0 aromatic rings. The Morgan fingerprint density at radius 3 is 2.45 bits per heavy atom. The number of methoxy groups -OCH3 is 1. The standard InChI is InChI=1S/C8H17NO.ClH/c1-8(2,10-3)7-5-4-6-9-7;/h7,9H,4-6H2,1-3H3;1H/t7-;/m0./s1. The van der Waals surface area contributed by atoms with Crippen LogP contribution >= 0.6 is 12.4 Å². The van der Waals surface area contributed by atoms with Crippen molar-refractivity contribution in [3.05, 3.63) is 0 Å². The van der Waals surface area contributed by atoms with Gasteiger partial charge in [-0.3, -0.25) is 0 Å². The van der Waals surface area contributed by atoms with Crippen LogP contribution in [-0.4, -0.2) is 25.3 Å². The Hall–Kier alpha value is 0.210. The molecular weight excluding hydrogens is 162 g/mol. The van der Waals surface area contributed by atoms with Gasteiger partial charge in [0.05, 0.1) is 5.60 Å². The van der Waals surface area contributed by atoms with E-state index < -0.39 is 0 Å². The largest absolute Gasteiger partial charge is 0.377 e. The van der Waals surface area contributed by atoms with Crippen molar-refractivity contribution in [2.75, 3.05) is 13.7 Å². The molecule has 1 aliphatic heterocycles. The third kappa shape index (κ3) is 2.62. The van der Waals surface area contributed by atoms with E-state index >= 15 is 0 Å². The minimum atomic E-state index is 0. The molecule has 11 heavy (non-hydrogen) atoms. The second-order valence-electron chi connectivity index (χ2n) is 3.46. The summed E-state index contributed by atoms with van der Waals surface area (Å²) in [5, 5.41) is 3.42. The summed E-state index contributed by atoms with van der Waals surface area (Å²) in [6.07, 6.45) is 2.54. The highest BCUT2D eigenvalue weighted by Crippen LogP contribution is 2.20. The third-order valence-corrected chi connectivity index (χ3v) is 2.43. The quantitative estimate of drug-likeness (QED) is 0.695. The summed E-state index contributed by atoms with van der Waals surface area (Å²) < 4.78 is 5.36. The minimum absolute atomic E-state index is 0. The lowest BCUT2D eigenvalue weighted by atomic mass is 9.97. The van der Waals surface area contributed by atoms with Crippen molar-refractivity contribution in [1.29, 1.82) is 0 Å². The smallest absolute Gasteiger partial charge is 0.0775 e. The van der Waals surface area contributed by atoms with Gasteiger partial charge in [0.1, 0.15) is 0 Å². The summed E-state index contributed by atoms with van der Waals surface area (Å²) >= 11 is 0. The fourth-order valence-electron chi connectivity index (χ4n) is 1.42. The van der Waals surface area contributed by atoms with E-state index in [0.717, 1.165) is 6.54 Å². The number of halogens is 1. The molecule has 0 aliphatic carbocycles. The molecule has 0 saturated carbocycles. The Kier molecular flexibility index (Phi) is 4.37. The van der Waals surface area contributed by atoms with Gasteiger partial charge in [-0.15, -0.1) is 12.4 Å². The molecule has 0 aromatic carbocycles. The van der Waals surface area contributed by atoms with Gasteiger partial charge in [-0.1, -0.05) is 0 Å². The van der Waals surface area contributed by atoms with Gasteiger partial charge in [-0.2, -0.15) is 0 Å². The molecule has 1 fully saturated rings. The normalized spacial score (nSPS) is 24.8. The molecule has 1 aliphatic rings. The lowest BCUT2D eigenvalue weighted by Crippen LogP contribution is -2.44. The fraction of sp³-hybridized carbons (Fsp3) is 1.00. The summed E-state index contributed by atoms with van der Waals surface area (Å²) in [6.45, 7) is 5.42. The van der Waals surface area contributed by atoms with E-state index in [0.29, 0.717) is 6.04 Å². The summed E-state index contributed by atoms with van der Waals surface area (Å²) in [6, 6.07) is 0.553. The highest BCUT2D eigenvalue weighted by Gasteiger charge is 2.30. The van der Waals surface area contributed by atoms with Crippen molar-refractivity contribution >= 4 is 12.4 Å². The average molecular weight is 180 g/mol. The molecule has 1 atom stereocenters. The van der Waals surface area contributed by atoms with E-state index in [1.807, 2.05) is 0 Å². The minimum Gasteiger partial charge on any atom is -0.377 e. The molecule has 68 valence electrons. The van der Waals surface area contributed by atoms with Crippen LogP contribution in [0.3, 0.4) is 0 Å². The van der Waals surface area contributed by atoms with Gasteiger partial charge in [0.25, 0.3) is 0 Å². The number of rotatable bonds is 2. The maximum Gasteiger partial charge on any atom is 0.0775 e. The lowest BCUT2D eigenvalue weighted by Gasteiger charge is -2.29. The summed E-state index contributed by atoms with van der Waals surface area (Å²) in [5.41, 5.74) is 0.0104. The van der Waals surface area contributed by atoms with Crippen LogP contribution in [0.5, 0.6) is 0 Å². The summed E-state index contributed by atoms with van der Waals surface area (Å²) in [7, 11) is 1.78. The topological polar surface area (TPSA) is 21.3 Å². The maximum atomic E-state index is 5.36. The maximum absolute atomic E-state index is 5.36. The molecule has 0 spiro atoms. The van der Waals surface area contributed by atoms with Gasteiger partial charge in [-0.25, -0.2) is 0 Å². The molecule has 1 saturated heterocycles. The molecule has 1 heterocycles. The van der Waals surface area contributed by atoms with Crippen LogP contribution in [0.25, 0.3) is 0 Å². The van der Waals surface area contributed by atoms with E-state index in [4.69, 9.17) is 4.74 Å². The van der Waals surface area contributed by atoms with Gasteiger partial charge in [0, 0.05) is 13.2 Å². The second kappa shape index (κ2) is 4.29. The van der Waals surface area contributed by atoms with Crippen LogP contribution in [-0.2, 0) is 4.74 Å². The molecule has 0 unspecified atom stereocenters. The van der Waals surface area contributed by atoms with Crippen LogP contribution in [0.15, 0.2) is 0 Å². The first-order valence-electron chi connectivity index (χ1n) is 3.95. The van der Waals surface area contributed by atoms with Crippen LogP contribution in [0.2, 0.25) is 0 Å². The highest BCUT2D eigenvalue weighted by molar-refractivity contribution is 5.85. The predicted octanol–water partition coefficient (Wildman–Crippen LogP) is 1.59. The molecular formula is C8H18ClNO. The zero-order valence-electron chi connectivity index (χ0n) is 7.52. The van der Waals surface area contributed by atoms with Crippen LogP contribution in [0.1, 0.15) is 26.7 Å². The van der Waals surface area contributed by atoms with Crippen molar-refractivity contribution in [2.45, 2.75) is 38.3 Å². The third-order valence-electron chi connectivity index (χ3n) is 2.43. The van der Waals surface area contributed by atoms with E-state index in [1.54, 1.807) is 7.11 Å². The number of hydrogen-bond donors (Lipinski definition) is 1. The number of ether oxygens (including phenoxy) is 1. The fourth-order valence-corrected chi connectivity index (χ4v) is 1.42. The molecule has 2 nitrogen and oxygen atoms in total. The van der Waals surface area contributed by atoms with E-state index in [1.165, 1.54) is 12.8 Å². The van der Waals surface area contributed by atoms with Gasteiger partial charge in [-0.05, 0) is 33.2 Å². The van der Waals surface area contributed by atoms with E-state index in [2.05, 4.69) is 19.2 Å². The Morgan fingerprint density at radius 2 is 2.09 bits per heavy atom. The molecule has 0 aromatic heterocycles. The van der Waals surface area contributed by atoms with Crippen LogP contribution < -0.4 is 5.32 Å². The van der Waals surface area contributed by atoms with Gasteiger partial charge in [0.15, 0.2) is 0 Å². The SMILES string of the molecule is COC(C)(C)[C@@H]1CCCN1.Cl. The van der Waals surface area contributed by atoms with Gasteiger partial charge < -0.3 is 10.1 Å². The molecule has 1 rings (SSSR count). The summed E-state index contributed by atoms with van der Waals surface area (Å²) in [5.74, 6) is 0. The molecule has 1 N–H and O–H groups in total. The second-order valence-corrected chi connectivity index (χ2v) is 3.46.